The molecule has 1 aromatic carbocycles. The van der Waals surface area contributed by atoms with Crippen LogP contribution in [0.4, 0.5) is 10.1 Å². The summed E-state index contributed by atoms with van der Waals surface area (Å²) in [5.41, 5.74) is 0.261. The molecular weight excluding hydrogens is 274 g/mol. The zero-order valence-corrected chi connectivity index (χ0v) is 12.7. The number of hydrogen-bond acceptors (Lipinski definition) is 3. The van der Waals surface area contributed by atoms with Crippen molar-refractivity contribution in [2.45, 2.75) is 0 Å². The molecule has 0 atom stereocenters. The van der Waals surface area contributed by atoms with Gasteiger partial charge < -0.3 is 10.1 Å². The largest absolute Gasteiger partial charge is 1.00 e. The molecule has 0 fully saturated rings. The number of carbonyl (C=O) groups is 1. The normalized spacial score (nSPS) is 9.53. The van der Waals surface area contributed by atoms with Crippen LogP contribution in [0.15, 0.2) is 24.4 Å². The van der Waals surface area contributed by atoms with E-state index in [9.17, 15) is 9.18 Å². The summed E-state index contributed by atoms with van der Waals surface area (Å²) in [6, 6.07) is 3.56. The maximum absolute atomic E-state index is 12.7. The number of hydrogen-bond donors (Lipinski definition) is 1. The van der Waals surface area contributed by atoms with Gasteiger partial charge in [0.05, 0.1) is 6.20 Å². The Kier molecular flexibility index (Phi) is 5.70. The van der Waals surface area contributed by atoms with Crippen molar-refractivity contribution in [1.82, 2.24) is 15.4 Å². The number of benzene rings is 1. The van der Waals surface area contributed by atoms with Gasteiger partial charge in [0.25, 0.3) is 0 Å². The molecule has 1 N–H and O–H groups in total. The van der Waals surface area contributed by atoms with Gasteiger partial charge in [-0.1, -0.05) is 17.7 Å². The molecule has 1 heterocycles. The first-order valence-electron chi connectivity index (χ1n) is 4.24. The summed E-state index contributed by atoms with van der Waals surface area (Å²) in [6.45, 7) is 0. The van der Waals surface area contributed by atoms with Crippen LogP contribution < -0.4 is 51.4 Å². The number of nitrogens with one attached hydrogen (secondary N) is 1. The molecule has 0 aliphatic carbocycles. The molecule has 17 heavy (non-hydrogen) atoms. The van der Waals surface area contributed by atoms with Crippen LogP contribution in [0.1, 0.15) is 10.5 Å². The van der Waals surface area contributed by atoms with Crippen LogP contribution in [0, 0.1) is 5.82 Å². The van der Waals surface area contributed by atoms with E-state index in [1.165, 1.54) is 18.3 Å². The van der Waals surface area contributed by atoms with Crippen LogP contribution in [0.2, 0.25) is 5.02 Å². The second kappa shape index (κ2) is 6.57. The van der Waals surface area contributed by atoms with Gasteiger partial charge in [-0.15, -0.1) is 5.69 Å². The Balaban J connectivity index is 0.00000144. The molecule has 0 aliphatic rings. The van der Waals surface area contributed by atoms with Crippen LogP contribution in [0.25, 0.3) is 5.32 Å². The van der Waals surface area contributed by atoms with Gasteiger partial charge in [-0.2, -0.15) is 15.4 Å². The summed E-state index contributed by atoms with van der Waals surface area (Å²) in [5, 5.41) is 13.1. The quantitative estimate of drug-likeness (QED) is 0.749. The van der Waals surface area contributed by atoms with Crippen LogP contribution in [-0.2, 0) is 0 Å². The van der Waals surface area contributed by atoms with Gasteiger partial charge in [0.2, 0.25) is 0 Å². The summed E-state index contributed by atoms with van der Waals surface area (Å²) in [7, 11) is 0. The number of aromatic nitrogens is 3. The minimum absolute atomic E-state index is 0. The summed E-state index contributed by atoms with van der Waals surface area (Å²) in [4.78, 5) is 11.5. The maximum Gasteiger partial charge on any atom is 1.00 e. The first-order chi connectivity index (χ1) is 7.66. The standard InChI is InChI=1S/C9H6ClFN4O.K/c10-6-3-5(11)1-2-7(6)13-9(16)8-4-12-15-14-8;/h1-4H,(H2,12,13,14,15,16);/q;+1/p-1. The zero-order valence-electron chi connectivity index (χ0n) is 8.82. The van der Waals surface area contributed by atoms with Crippen LogP contribution in [0.5, 0.6) is 0 Å². The average molecular weight is 279 g/mol. The Morgan fingerprint density at radius 3 is 2.82 bits per heavy atom. The van der Waals surface area contributed by atoms with Crippen molar-refractivity contribution in [3.63, 3.8) is 0 Å². The van der Waals surface area contributed by atoms with Crippen molar-refractivity contribution in [3.8, 4) is 0 Å². The second-order valence-corrected chi connectivity index (χ2v) is 3.28. The second-order valence-electron chi connectivity index (χ2n) is 2.87. The minimum Gasteiger partial charge on any atom is -0.620 e. The third-order valence-corrected chi connectivity index (χ3v) is 2.07. The summed E-state index contributed by atoms with van der Waals surface area (Å²) in [5.74, 6) is -1.08. The van der Waals surface area contributed by atoms with Crippen LogP contribution in [-0.4, -0.2) is 21.3 Å². The van der Waals surface area contributed by atoms with E-state index in [4.69, 9.17) is 11.6 Å². The predicted molar refractivity (Wildman–Crippen MR) is 55.1 cm³/mol. The fourth-order valence-electron chi connectivity index (χ4n) is 1.04. The van der Waals surface area contributed by atoms with E-state index in [1.54, 1.807) is 0 Å². The first-order valence-corrected chi connectivity index (χ1v) is 4.61. The number of nitrogens with zero attached hydrogens (tertiary/aromatic N) is 3. The Hall–Kier alpha value is -0.314. The molecule has 8 heteroatoms. The molecule has 0 aliphatic heterocycles. The van der Waals surface area contributed by atoms with Gasteiger partial charge in [0.1, 0.15) is 17.4 Å². The SMILES string of the molecule is O=C([N-]c1ccc(F)cc1Cl)c1cn[nH]n1.[K+]. The molecule has 1 aromatic heterocycles. The minimum atomic E-state index is -0.595. The topological polar surface area (TPSA) is 72.7 Å². The monoisotopic (exact) mass is 278 g/mol. The smallest absolute Gasteiger partial charge is 0.620 e. The van der Waals surface area contributed by atoms with E-state index < -0.39 is 11.7 Å². The Morgan fingerprint density at radius 2 is 2.24 bits per heavy atom. The molecule has 82 valence electrons. The van der Waals surface area contributed by atoms with Crippen molar-refractivity contribution >= 4 is 23.2 Å². The van der Waals surface area contributed by atoms with Crippen molar-refractivity contribution < 1.29 is 60.6 Å². The van der Waals surface area contributed by atoms with Crippen molar-refractivity contribution in [1.29, 1.82) is 0 Å². The summed E-state index contributed by atoms with van der Waals surface area (Å²) < 4.78 is 12.7. The number of halogens is 2. The van der Waals surface area contributed by atoms with Crippen LogP contribution in [0.3, 0.4) is 0 Å². The Bertz CT molecular complexity index is 520. The van der Waals surface area contributed by atoms with Crippen molar-refractivity contribution in [2.75, 3.05) is 0 Å². The van der Waals surface area contributed by atoms with E-state index >= 15 is 0 Å². The molecule has 0 saturated heterocycles. The molecule has 5 nitrogen and oxygen atoms in total. The number of amides is 1. The fraction of sp³-hybridized carbons (Fsp3) is 0. The van der Waals surface area contributed by atoms with Gasteiger partial charge in [0.15, 0.2) is 0 Å². The molecule has 0 saturated carbocycles. The predicted octanol–water partition coefficient (Wildman–Crippen LogP) is -0.553. The van der Waals surface area contributed by atoms with Crippen molar-refractivity contribution in [2.24, 2.45) is 0 Å². The van der Waals surface area contributed by atoms with E-state index in [0.717, 1.165) is 6.07 Å². The van der Waals surface area contributed by atoms with Gasteiger partial charge in [-0.05, 0) is 12.1 Å². The van der Waals surface area contributed by atoms with Crippen molar-refractivity contribution in [3.05, 3.63) is 46.2 Å². The van der Waals surface area contributed by atoms with E-state index in [0.29, 0.717) is 0 Å². The molecule has 0 bridgehead atoms. The molecule has 2 aromatic rings. The Labute approximate surface area is 144 Å². The third-order valence-electron chi connectivity index (χ3n) is 1.77. The molecule has 2 rings (SSSR count). The Morgan fingerprint density at radius 1 is 1.47 bits per heavy atom. The fourth-order valence-corrected chi connectivity index (χ4v) is 1.25. The maximum atomic E-state index is 12.7. The van der Waals surface area contributed by atoms with Gasteiger partial charge in [0, 0.05) is 5.02 Å². The molecule has 1 amide bonds. The molecule has 0 spiro atoms. The summed E-state index contributed by atoms with van der Waals surface area (Å²) in [6.07, 6.45) is 1.24. The molecular formula is C9H5ClFKN4O. The van der Waals surface area contributed by atoms with Gasteiger partial charge in [-0.3, -0.25) is 0 Å². The third kappa shape index (κ3) is 3.83. The average Bonchev–Trinajstić information content (AvgIpc) is 2.75. The van der Waals surface area contributed by atoms with E-state index in [-0.39, 0.29) is 67.8 Å². The number of rotatable bonds is 2. The molecule has 0 unspecified atom stereocenters. The van der Waals surface area contributed by atoms with E-state index in [1.807, 2.05) is 0 Å². The number of carbonyl (C=O) groups excluding carboxylic acids is 1. The summed E-state index contributed by atoms with van der Waals surface area (Å²) >= 11 is 5.71. The zero-order chi connectivity index (χ0) is 11.5. The number of H-pyrrole nitrogens is 1. The number of aromatic amines is 1. The first kappa shape index (κ1) is 14.7. The molecule has 0 radical (unpaired) electrons. The van der Waals surface area contributed by atoms with Crippen LogP contribution >= 0.6 is 11.6 Å². The van der Waals surface area contributed by atoms with Gasteiger partial charge >= 0.3 is 51.4 Å². The van der Waals surface area contributed by atoms with Gasteiger partial charge in [-0.25, -0.2) is 4.39 Å². The van der Waals surface area contributed by atoms with E-state index in [2.05, 4.69) is 20.7 Å².